The van der Waals surface area contributed by atoms with E-state index >= 15 is 0 Å². The van der Waals surface area contributed by atoms with Crippen LogP contribution in [0.3, 0.4) is 0 Å². The van der Waals surface area contributed by atoms with Crippen LogP contribution in [0.4, 0.5) is 20.6 Å². The fraction of sp³-hybridized carbons (Fsp3) is 0.438. The molecule has 9 heteroatoms. The normalized spacial score (nSPS) is 21.8. The van der Waals surface area contributed by atoms with Crippen molar-refractivity contribution >= 4 is 40.5 Å². The number of rotatable bonds is 4. The smallest absolute Gasteiger partial charge is 0.414 e. The van der Waals surface area contributed by atoms with Crippen molar-refractivity contribution in [2.45, 2.75) is 19.1 Å². The number of ether oxygens (including phenoxy) is 1. The predicted molar refractivity (Wildman–Crippen MR) is 95.2 cm³/mol. The number of nitrogens with zero attached hydrogens (tertiary/aromatic N) is 3. The maximum absolute atomic E-state index is 14.5. The summed E-state index contributed by atoms with van der Waals surface area (Å²) in [7, 11) is 1.66. The Morgan fingerprint density at radius 3 is 2.72 bits per heavy atom. The molecule has 2 atom stereocenters. The molecule has 0 radical (unpaired) electrons. The highest BCUT2D eigenvalue weighted by atomic mass is 32.1. The molecule has 2 aliphatic heterocycles. The molecule has 0 spiro atoms. The first-order valence-electron chi connectivity index (χ1n) is 7.80. The maximum Gasteiger partial charge on any atom is 0.414 e. The first-order valence-corrected chi connectivity index (χ1v) is 8.21. The Labute approximate surface area is 150 Å². The largest absolute Gasteiger partial charge is 0.442 e. The zero-order chi connectivity index (χ0) is 18.3. The molecule has 0 aliphatic carbocycles. The van der Waals surface area contributed by atoms with Gasteiger partial charge in [0.2, 0.25) is 5.91 Å². The summed E-state index contributed by atoms with van der Waals surface area (Å²) < 4.78 is 19.8. The summed E-state index contributed by atoms with van der Waals surface area (Å²) in [4.78, 5) is 28.7. The summed E-state index contributed by atoms with van der Waals surface area (Å²) in [6.07, 6.45) is -1.14. The summed E-state index contributed by atoms with van der Waals surface area (Å²) in [5.41, 5.74) is 6.62. The van der Waals surface area contributed by atoms with E-state index in [0.717, 1.165) is 0 Å². The number of carbonyl (C=O) groups is 2. The van der Waals surface area contributed by atoms with Crippen LogP contribution in [0.15, 0.2) is 18.2 Å². The van der Waals surface area contributed by atoms with Gasteiger partial charge in [-0.3, -0.25) is 9.69 Å². The van der Waals surface area contributed by atoms with Gasteiger partial charge < -0.3 is 20.3 Å². The maximum atomic E-state index is 14.5. The van der Waals surface area contributed by atoms with Gasteiger partial charge in [0.25, 0.3) is 0 Å². The van der Waals surface area contributed by atoms with E-state index in [2.05, 4.69) is 0 Å². The highest BCUT2D eigenvalue weighted by Gasteiger charge is 2.37. The summed E-state index contributed by atoms with van der Waals surface area (Å²) in [6, 6.07) is 3.90. The number of nitrogens with two attached hydrogens (primary N) is 1. The van der Waals surface area contributed by atoms with Crippen LogP contribution >= 0.6 is 12.2 Å². The number of hydrogen-bond donors (Lipinski definition) is 1. The molecule has 1 unspecified atom stereocenters. The molecular weight excluding hydrogens is 347 g/mol. The number of halogens is 1. The quantitative estimate of drug-likeness (QED) is 0.804. The molecule has 1 aromatic rings. The highest BCUT2D eigenvalue weighted by molar-refractivity contribution is 7.80. The third kappa shape index (κ3) is 3.29. The second kappa shape index (κ2) is 6.57. The van der Waals surface area contributed by atoms with Gasteiger partial charge in [-0.15, -0.1) is 0 Å². The van der Waals surface area contributed by atoms with Gasteiger partial charge in [-0.25, -0.2) is 9.18 Å². The lowest BCUT2D eigenvalue weighted by Gasteiger charge is -2.20. The van der Waals surface area contributed by atoms with E-state index in [-0.39, 0.29) is 19.0 Å². The summed E-state index contributed by atoms with van der Waals surface area (Å²) in [6.45, 7) is 2.35. The van der Waals surface area contributed by atoms with Crippen molar-refractivity contribution in [3.63, 3.8) is 0 Å². The van der Waals surface area contributed by atoms with Crippen LogP contribution in [0.5, 0.6) is 0 Å². The summed E-state index contributed by atoms with van der Waals surface area (Å²) in [5, 5.41) is 0. The van der Waals surface area contributed by atoms with Crippen LogP contribution in [0.1, 0.15) is 6.92 Å². The Hall–Kier alpha value is -2.26. The minimum atomic E-state index is -0.583. The number of carbonyl (C=O) groups excluding carboxylic acids is 2. The monoisotopic (exact) mass is 366 g/mol. The van der Waals surface area contributed by atoms with E-state index in [1.807, 2.05) is 0 Å². The van der Waals surface area contributed by atoms with Crippen molar-refractivity contribution in [3.8, 4) is 0 Å². The Bertz CT molecular complexity index is 744. The van der Waals surface area contributed by atoms with Gasteiger partial charge in [-0.1, -0.05) is 12.2 Å². The van der Waals surface area contributed by atoms with Crippen molar-refractivity contribution in [3.05, 3.63) is 24.0 Å². The molecule has 2 heterocycles. The summed E-state index contributed by atoms with van der Waals surface area (Å²) >= 11 is 5.04. The van der Waals surface area contributed by atoms with Crippen molar-refractivity contribution in [1.82, 2.24) is 4.90 Å². The lowest BCUT2D eigenvalue weighted by molar-refractivity contribution is -0.125. The Morgan fingerprint density at radius 2 is 2.16 bits per heavy atom. The Morgan fingerprint density at radius 1 is 1.44 bits per heavy atom. The van der Waals surface area contributed by atoms with Crippen LogP contribution in [-0.2, 0) is 9.53 Å². The SMILES string of the molecule is CC(=S)C(N)[C@@H]1CN(c2ccc(N3CC(=O)N(C)C3)c(F)c2)C(=O)O1. The van der Waals surface area contributed by atoms with Crippen LogP contribution in [0, 0.1) is 5.82 Å². The zero-order valence-electron chi connectivity index (χ0n) is 13.9. The third-order valence-electron chi connectivity index (χ3n) is 4.42. The molecule has 2 saturated heterocycles. The number of amides is 2. The minimum Gasteiger partial charge on any atom is -0.442 e. The molecule has 0 bridgehead atoms. The van der Waals surface area contributed by atoms with Crippen molar-refractivity contribution in [2.75, 3.05) is 36.6 Å². The molecule has 2 fully saturated rings. The lowest BCUT2D eigenvalue weighted by Crippen LogP contribution is -2.42. The van der Waals surface area contributed by atoms with E-state index in [0.29, 0.717) is 22.9 Å². The van der Waals surface area contributed by atoms with E-state index in [4.69, 9.17) is 22.7 Å². The van der Waals surface area contributed by atoms with E-state index in [1.165, 1.54) is 15.9 Å². The van der Waals surface area contributed by atoms with Crippen LogP contribution in [-0.4, -0.2) is 60.7 Å². The number of likely N-dealkylation sites (N-methyl/N-ethyl adjacent to an activating group) is 1. The number of benzene rings is 1. The molecule has 2 N–H and O–H groups in total. The van der Waals surface area contributed by atoms with Crippen molar-refractivity contribution in [2.24, 2.45) is 5.73 Å². The first kappa shape index (κ1) is 17.6. The van der Waals surface area contributed by atoms with Crippen LogP contribution < -0.4 is 15.5 Å². The Balaban J connectivity index is 1.78. The van der Waals surface area contributed by atoms with Gasteiger partial charge in [0, 0.05) is 11.9 Å². The van der Waals surface area contributed by atoms with Gasteiger partial charge in [0.15, 0.2) is 0 Å². The second-order valence-corrected chi connectivity index (χ2v) is 6.88. The number of hydrogen-bond acceptors (Lipinski definition) is 6. The average molecular weight is 366 g/mol. The number of anilines is 2. The summed E-state index contributed by atoms with van der Waals surface area (Å²) in [5.74, 6) is -0.578. The molecule has 2 aliphatic rings. The van der Waals surface area contributed by atoms with Gasteiger partial charge in [-0.2, -0.15) is 0 Å². The van der Waals surface area contributed by atoms with Crippen LogP contribution in [0.25, 0.3) is 0 Å². The van der Waals surface area contributed by atoms with E-state index in [9.17, 15) is 14.0 Å². The molecule has 7 nitrogen and oxygen atoms in total. The highest BCUT2D eigenvalue weighted by Crippen LogP contribution is 2.29. The van der Waals surface area contributed by atoms with Crippen molar-refractivity contribution in [1.29, 1.82) is 0 Å². The molecule has 134 valence electrons. The second-order valence-electron chi connectivity index (χ2n) is 6.24. The zero-order valence-corrected chi connectivity index (χ0v) is 14.8. The van der Waals surface area contributed by atoms with Gasteiger partial charge in [0.05, 0.1) is 37.2 Å². The number of thiocarbonyl (C=S) groups is 1. The first-order chi connectivity index (χ1) is 11.8. The Kier molecular flexibility index (Phi) is 4.61. The predicted octanol–water partition coefficient (Wildman–Crippen LogP) is 1.10. The molecule has 0 aromatic heterocycles. The van der Waals surface area contributed by atoms with E-state index < -0.39 is 24.1 Å². The fourth-order valence-electron chi connectivity index (χ4n) is 2.89. The molecule has 25 heavy (non-hydrogen) atoms. The molecule has 1 aromatic carbocycles. The molecular formula is C16H19FN4O3S. The van der Waals surface area contributed by atoms with Crippen molar-refractivity contribution < 1.29 is 18.7 Å². The van der Waals surface area contributed by atoms with E-state index in [1.54, 1.807) is 31.0 Å². The third-order valence-corrected chi connectivity index (χ3v) is 4.70. The topological polar surface area (TPSA) is 79.1 Å². The standard InChI is InChI=1S/C16H19FN4O3S/c1-9(25)15(18)13-6-21(16(23)24-13)10-3-4-12(11(17)5-10)20-7-14(22)19(2)8-20/h3-5,13,15H,6-8,18H2,1-2H3/t13-,15?/m0/s1. The lowest BCUT2D eigenvalue weighted by atomic mass is 10.1. The average Bonchev–Trinajstić information content (AvgIpc) is 3.09. The number of cyclic esters (lactones) is 1. The minimum absolute atomic E-state index is 0.0704. The fourth-order valence-corrected chi connectivity index (χ4v) is 3.05. The van der Waals surface area contributed by atoms with Gasteiger partial charge in [-0.05, 0) is 25.1 Å². The molecule has 3 rings (SSSR count). The van der Waals surface area contributed by atoms with Crippen LogP contribution in [0.2, 0.25) is 0 Å². The molecule has 2 amide bonds. The van der Waals surface area contributed by atoms with Gasteiger partial charge in [0.1, 0.15) is 11.9 Å². The molecule has 0 saturated carbocycles. The van der Waals surface area contributed by atoms with Gasteiger partial charge >= 0.3 is 6.09 Å².